The van der Waals surface area contributed by atoms with E-state index in [4.69, 9.17) is 4.74 Å². The molecule has 1 aromatic rings. The highest BCUT2D eigenvalue weighted by Crippen LogP contribution is 2.02. The van der Waals surface area contributed by atoms with Crippen LogP contribution < -0.4 is 0 Å². The van der Waals surface area contributed by atoms with Gasteiger partial charge in [-0.25, -0.2) is 4.98 Å². The van der Waals surface area contributed by atoms with Crippen LogP contribution in [0.5, 0.6) is 0 Å². The van der Waals surface area contributed by atoms with E-state index in [1.807, 2.05) is 4.57 Å². The molecule has 0 aromatic carbocycles. The van der Waals surface area contributed by atoms with Crippen LogP contribution in [0.4, 0.5) is 0 Å². The number of aryl methyl sites for hydroxylation is 1. The van der Waals surface area contributed by atoms with Crippen molar-refractivity contribution in [3.05, 3.63) is 18.2 Å². The number of nitrogens with zero attached hydrogens (tertiary/aromatic N) is 2. The highest BCUT2D eigenvalue weighted by Gasteiger charge is 1.98. The molecule has 0 aliphatic heterocycles. The second-order valence-corrected chi connectivity index (χ2v) is 3.18. The minimum atomic E-state index is 0.650. The normalized spacial score (nSPS) is 10.4. The van der Waals surface area contributed by atoms with Gasteiger partial charge in [-0.2, -0.15) is 0 Å². The molecule has 0 fully saturated rings. The zero-order valence-corrected chi connectivity index (χ0v) is 8.48. The summed E-state index contributed by atoms with van der Waals surface area (Å²) in [5.41, 5.74) is 0.650. The van der Waals surface area contributed by atoms with Gasteiger partial charge >= 0.3 is 0 Å². The fourth-order valence-corrected chi connectivity index (χ4v) is 1.32. The van der Waals surface area contributed by atoms with Gasteiger partial charge < -0.3 is 9.30 Å². The van der Waals surface area contributed by atoms with Gasteiger partial charge in [0.15, 0.2) is 6.29 Å². The number of unbranched alkanes of at least 4 members (excludes halogenated alkanes) is 2. The number of aldehydes is 1. The maximum atomic E-state index is 10.5. The van der Waals surface area contributed by atoms with Crippen LogP contribution in [0, 0.1) is 0 Å². The largest absolute Gasteiger partial charge is 0.385 e. The van der Waals surface area contributed by atoms with Crippen LogP contribution in [0.25, 0.3) is 0 Å². The number of rotatable bonds is 7. The summed E-state index contributed by atoms with van der Waals surface area (Å²) in [6, 6.07) is 0. The molecule has 0 bridgehead atoms. The van der Waals surface area contributed by atoms with Gasteiger partial charge in [0.1, 0.15) is 5.69 Å². The van der Waals surface area contributed by atoms with Gasteiger partial charge in [0, 0.05) is 20.3 Å². The first-order valence-corrected chi connectivity index (χ1v) is 4.82. The number of aromatic nitrogens is 2. The summed E-state index contributed by atoms with van der Waals surface area (Å²) >= 11 is 0. The molecule has 0 saturated heterocycles. The predicted molar refractivity (Wildman–Crippen MR) is 53.3 cm³/mol. The molecule has 0 saturated carbocycles. The van der Waals surface area contributed by atoms with Crippen LogP contribution in [0.1, 0.15) is 29.8 Å². The van der Waals surface area contributed by atoms with Crippen LogP contribution in [0.2, 0.25) is 0 Å². The Bertz CT molecular complexity index is 271. The summed E-state index contributed by atoms with van der Waals surface area (Å²) in [5.74, 6) is 0. The van der Waals surface area contributed by atoms with E-state index in [-0.39, 0.29) is 0 Å². The van der Waals surface area contributed by atoms with E-state index in [0.717, 1.165) is 38.7 Å². The minimum absolute atomic E-state index is 0.650. The van der Waals surface area contributed by atoms with Crippen LogP contribution in [0.3, 0.4) is 0 Å². The van der Waals surface area contributed by atoms with Crippen LogP contribution in [-0.4, -0.2) is 29.6 Å². The Morgan fingerprint density at radius 2 is 2.36 bits per heavy atom. The van der Waals surface area contributed by atoms with Crippen molar-refractivity contribution in [2.24, 2.45) is 0 Å². The van der Waals surface area contributed by atoms with Crippen LogP contribution in [0.15, 0.2) is 12.5 Å². The average molecular weight is 196 g/mol. The van der Waals surface area contributed by atoms with Crippen molar-refractivity contribution in [2.45, 2.75) is 25.8 Å². The SMILES string of the molecule is COCCCCCn1cncc1C=O. The first kappa shape index (κ1) is 10.9. The molecule has 4 nitrogen and oxygen atoms in total. The second-order valence-electron chi connectivity index (χ2n) is 3.18. The van der Waals surface area contributed by atoms with Crippen molar-refractivity contribution in [2.75, 3.05) is 13.7 Å². The fraction of sp³-hybridized carbons (Fsp3) is 0.600. The molecule has 0 aliphatic carbocycles. The highest BCUT2D eigenvalue weighted by molar-refractivity contribution is 5.71. The first-order chi connectivity index (χ1) is 6.88. The Labute approximate surface area is 83.9 Å². The molecule has 0 N–H and O–H groups in total. The van der Waals surface area contributed by atoms with Gasteiger partial charge in [-0.1, -0.05) is 0 Å². The summed E-state index contributed by atoms with van der Waals surface area (Å²) in [5, 5.41) is 0. The second kappa shape index (κ2) is 6.32. The van der Waals surface area contributed by atoms with Gasteiger partial charge in [-0.3, -0.25) is 4.79 Å². The zero-order chi connectivity index (χ0) is 10.2. The molecule has 0 unspecified atom stereocenters. The van der Waals surface area contributed by atoms with Gasteiger partial charge in [-0.15, -0.1) is 0 Å². The third-order valence-electron chi connectivity index (χ3n) is 2.11. The summed E-state index contributed by atoms with van der Waals surface area (Å²) < 4.78 is 6.82. The Hall–Kier alpha value is -1.16. The summed E-state index contributed by atoms with van der Waals surface area (Å²) in [6.07, 6.45) is 7.36. The molecular formula is C10H16N2O2. The molecule has 1 heterocycles. The molecule has 1 rings (SSSR count). The van der Waals surface area contributed by atoms with Crippen molar-refractivity contribution in [1.82, 2.24) is 9.55 Å². The first-order valence-electron chi connectivity index (χ1n) is 4.82. The summed E-state index contributed by atoms with van der Waals surface area (Å²) in [6.45, 7) is 1.67. The number of imidazole rings is 1. The van der Waals surface area contributed by atoms with Gasteiger partial charge in [0.2, 0.25) is 0 Å². The van der Waals surface area contributed by atoms with E-state index >= 15 is 0 Å². The van der Waals surface area contributed by atoms with Crippen LogP contribution in [-0.2, 0) is 11.3 Å². The lowest BCUT2D eigenvalue weighted by Crippen LogP contribution is -2.01. The Kier molecular flexibility index (Phi) is 4.93. The average Bonchev–Trinajstić information content (AvgIpc) is 2.65. The van der Waals surface area contributed by atoms with Gasteiger partial charge in [0.05, 0.1) is 12.5 Å². The standard InChI is InChI=1S/C10H16N2O2/c1-14-6-4-2-3-5-12-9-11-7-10(12)8-13/h7-9H,2-6H2,1H3. The molecule has 4 heteroatoms. The van der Waals surface area contributed by atoms with Crippen molar-refractivity contribution < 1.29 is 9.53 Å². The predicted octanol–water partition coefficient (Wildman–Crippen LogP) is 1.51. The smallest absolute Gasteiger partial charge is 0.168 e. The number of methoxy groups -OCH3 is 1. The van der Waals surface area contributed by atoms with E-state index in [2.05, 4.69) is 4.98 Å². The molecule has 78 valence electrons. The van der Waals surface area contributed by atoms with Crippen molar-refractivity contribution >= 4 is 6.29 Å². The third-order valence-corrected chi connectivity index (χ3v) is 2.11. The highest BCUT2D eigenvalue weighted by atomic mass is 16.5. The molecule has 14 heavy (non-hydrogen) atoms. The topological polar surface area (TPSA) is 44.1 Å². The molecule has 1 aromatic heterocycles. The Morgan fingerprint density at radius 3 is 3.07 bits per heavy atom. The lowest BCUT2D eigenvalue weighted by Gasteiger charge is -2.03. The summed E-state index contributed by atoms with van der Waals surface area (Å²) in [4.78, 5) is 14.5. The van der Waals surface area contributed by atoms with Crippen molar-refractivity contribution in [3.63, 3.8) is 0 Å². The minimum Gasteiger partial charge on any atom is -0.385 e. The number of hydrogen-bond donors (Lipinski definition) is 0. The summed E-state index contributed by atoms with van der Waals surface area (Å²) in [7, 11) is 1.71. The Morgan fingerprint density at radius 1 is 1.50 bits per heavy atom. The van der Waals surface area contributed by atoms with E-state index in [1.54, 1.807) is 19.6 Å². The quantitative estimate of drug-likeness (QED) is 0.490. The van der Waals surface area contributed by atoms with Gasteiger partial charge in [0.25, 0.3) is 0 Å². The Balaban J connectivity index is 2.21. The zero-order valence-electron chi connectivity index (χ0n) is 8.48. The molecule has 0 amide bonds. The maximum absolute atomic E-state index is 10.5. The molecule has 0 radical (unpaired) electrons. The van der Waals surface area contributed by atoms with Crippen molar-refractivity contribution in [1.29, 1.82) is 0 Å². The number of carbonyl (C=O) groups excluding carboxylic acids is 1. The van der Waals surface area contributed by atoms with E-state index < -0.39 is 0 Å². The van der Waals surface area contributed by atoms with Gasteiger partial charge in [-0.05, 0) is 19.3 Å². The molecule has 0 atom stereocenters. The number of ether oxygens (including phenoxy) is 1. The van der Waals surface area contributed by atoms with E-state index in [9.17, 15) is 4.79 Å². The fourth-order valence-electron chi connectivity index (χ4n) is 1.32. The van der Waals surface area contributed by atoms with E-state index in [1.165, 1.54) is 0 Å². The molecule has 0 spiro atoms. The third kappa shape index (κ3) is 3.30. The van der Waals surface area contributed by atoms with Crippen molar-refractivity contribution in [3.8, 4) is 0 Å². The maximum Gasteiger partial charge on any atom is 0.168 e. The van der Waals surface area contributed by atoms with E-state index in [0.29, 0.717) is 5.69 Å². The molecular weight excluding hydrogens is 180 g/mol. The number of carbonyl (C=O) groups is 1. The molecule has 0 aliphatic rings. The number of hydrogen-bond acceptors (Lipinski definition) is 3. The lowest BCUT2D eigenvalue weighted by atomic mass is 10.2. The van der Waals surface area contributed by atoms with Crippen LogP contribution >= 0.6 is 0 Å². The monoisotopic (exact) mass is 196 g/mol. The lowest BCUT2D eigenvalue weighted by molar-refractivity contribution is 0.111.